The summed E-state index contributed by atoms with van der Waals surface area (Å²) in [6.45, 7) is 6.38. The fourth-order valence-electron chi connectivity index (χ4n) is 4.84. The highest BCUT2D eigenvalue weighted by molar-refractivity contribution is 8.03. The number of hydrogen-bond donors (Lipinski definition) is 0. The van der Waals surface area contributed by atoms with Crippen molar-refractivity contribution in [3.63, 3.8) is 0 Å². The summed E-state index contributed by atoms with van der Waals surface area (Å²) in [5, 5.41) is 7.83. The topological polar surface area (TPSA) is 7.12 Å². The van der Waals surface area contributed by atoms with E-state index in [9.17, 15) is 0 Å². The summed E-state index contributed by atoms with van der Waals surface area (Å²) >= 11 is 3.74. The van der Waals surface area contributed by atoms with E-state index >= 15 is 0 Å². The standard InChI is InChI=1S/C29H25N2S2/c1-3-30-26(32-24-18-16-20-10-5-7-12-22(20)28(24)30)14-9-15-27-31(4-2)29-23-13-8-6-11-21(23)17-19-25(29)33-27/h5-19H,3-4H2,1-2H3/q+1. The van der Waals surface area contributed by atoms with Crippen molar-refractivity contribution >= 4 is 66.6 Å². The molecule has 6 rings (SSSR count). The monoisotopic (exact) mass is 465 g/mol. The lowest BCUT2D eigenvalue weighted by Gasteiger charge is -2.19. The van der Waals surface area contributed by atoms with Gasteiger partial charge in [-0.15, -0.1) is 0 Å². The van der Waals surface area contributed by atoms with Gasteiger partial charge in [0.2, 0.25) is 5.52 Å². The summed E-state index contributed by atoms with van der Waals surface area (Å²) < 4.78 is 3.78. The van der Waals surface area contributed by atoms with E-state index in [1.807, 2.05) is 23.1 Å². The van der Waals surface area contributed by atoms with Crippen molar-refractivity contribution in [2.24, 2.45) is 0 Å². The summed E-state index contributed by atoms with van der Waals surface area (Å²) in [5.41, 5.74) is 2.69. The van der Waals surface area contributed by atoms with E-state index in [-0.39, 0.29) is 0 Å². The van der Waals surface area contributed by atoms with Crippen molar-refractivity contribution in [3.8, 4) is 0 Å². The number of allylic oxidation sites excluding steroid dienone is 2. The van der Waals surface area contributed by atoms with Crippen LogP contribution in [-0.2, 0) is 6.54 Å². The molecule has 5 aromatic rings. The van der Waals surface area contributed by atoms with Crippen molar-refractivity contribution < 1.29 is 4.57 Å². The summed E-state index contributed by atoms with van der Waals surface area (Å²) in [6, 6.07) is 26.4. The molecule has 4 heteroatoms. The predicted molar refractivity (Wildman–Crippen MR) is 145 cm³/mol. The Labute approximate surface area is 202 Å². The molecule has 4 aromatic carbocycles. The SMILES string of the molecule is CCN1C(=CC=Cc2sc3ccc4ccccc4c3[n+]2CC)Sc2ccc3ccccc3c21. The quantitative estimate of drug-likeness (QED) is 0.248. The number of aryl methyl sites for hydroxylation is 1. The van der Waals surface area contributed by atoms with E-state index in [0.717, 1.165) is 13.1 Å². The number of thiazole rings is 1. The molecule has 0 saturated heterocycles. The van der Waals surface area contributed by atoms with Crippen LogP contribution >= 0.6 is 23.1 Å². The average Bonchev–Trinajstić information content (AvgIpc) is 3.41. The number of aromatic nitrogens is 1. The lowest BCUT2D eigenvalue weighted by Crippen LogP contribution is -2.33. The van der Waals surface area contributed by atoms with Crippen molar-refractivity contribution in [2.75, 3.05) is 11.4 Å². The van der Waals surface area contributed by atoms with Gasteiger partial charge >= 0.3 is 0 Å². The number of benzene rings is 4. The van der Waals surface area contributed by atoms with E-state index in [1.54, 1.807) is 0 Å². The molecule has 1 aliphatic rings. The van der Waals surface area contributed by atoms with Gasteiger partial charge in [-0.3, -0.25) is 0 Å². The van der Waals surface area contributed by atoms with Gasteiger partial charge in [0.25, 0.3) is 5.01 Å². The zero-order valence-electron chi connectivity index (χ0n) is 18.8. The Kier molecular flexibility index (Phi) is 5.20. The molecule has 33 heavy (non-hydrogen) atoms. The second-order valence-corrected chi connectivity index (χ2v) is 10.3. The molecule has 0 atom stereocenters. The van der Waals surface area contributed by atoms with Gasteiger partial charge < -0.3 is 4.90 Å². The molecule has 0 unspecified atom stereocenters. The zero-order chi connectivity index (χ0) is 22.4. The minimum absolute atomic E-state index is 0.956. The summed E-state index contributed by atoms with van der Waals surface area (Å²) in [4.78, 5) is 3.78. The van der Waals surface area contributed by atoms with Crippen LogP contribution in [-0.4, -0.2) is 6.54 Å². The maximum atomic E-state index is 2.44. The van der Waals surface area contributed by atoms with Gasteiger partial charge in [0.1, 0.15) is 11.2 Å². The minimum atomic E-state index is 0.956. The Hall–Kier alpha value is -3.08. The average molecular weight is 466 g/mol. The lowest BCUT2D eigenvalue weighted by molar-refractivity contribution is -0.664. The largest absolute Gasteiger partial charge is 0.335 e. The maximum absolute atomic E-state index is 2.44. The Balaban J connectivity index is 1.39. The van der Waals surface area contributed by atoms with Crippen molar-refractivity contribution in [3.05, 3.63) is 95.0 Å². The molecule has 0 saturated carbocycles. The molecule has 0 spiro atoms. The van der Waals surface area contributed by atoms with Gasteiger partial charge in [-0.1, -0.05) is 83.8 Å². The predicted octanol–water partition coefficient (Wildman–Crippen LogP) is 8.00. The second kappa shape index (κ2) is 8.36. The number of nitrogens with zero attached hydrogens (tertiary/aromatic N) is 2. The maximum Gasteiger partial charge on any atom is 0.262 e. The van der Waals surface area contributed by atoms with Gasteiger partial charge in [0, 0.05) is 22.9 Å². The van der Waals surface area contributed by atoms with Gasteiger partial charge in [-0.05, 0) is 48.9 Å². The second-order valence-electron chi connectivity index (χ2n) is 8.16. The first-order chi connectivity index (χ1) is 16.3. The first kappa shape index (κ1) is 20.5. The summed E-state index contributed by atoms with van der Waals surface area (Å²) in [6.07, 6.45) is 6.76. The summed E-state index contributed by atoms with van der Waals surface area (Å²) in [7, 11) is 0. The number of hydrogen-bond acceptors (Lipinski definition) is 3. The first-order valence-electron chi connectivity index (χ1n) is 11.5. The van der Waals surface area contributed by atoms with E-state index in [0.29, 0.717) is 0 Å². The Morgan fingerprint density at radius 1 is 0.848 bits per heavy atom. The third-order valence-electron chi connectivity index (χ3n) is 6.34. The Morgan fingerprint density at radius 2 is 1.58 bits per heavy atom. The van der Waals surface area contributed by atoms with Crippen LogP contribution in [0.5, 0.6) is 0 Å². The summed E-state index contributed by atoms with van der Waals surface area (Å²) in [5.74, 6) is 0. The fraction of sp³-hybridized carbons (Fsp3) is 0.138. The molecular formula is C29H25N2S2+. The van der Waals surface area contributed by atoms with Crippen LogP contribution in [0.4, 0.5) is 5.69 Å². The van der Waals surface area contributed by atoms with E-state index in [1.165, 1.54) is 52.4 Å². The number of anilines is 1. The molecule has 0 N–H and O–H groups in total. The van der Waals surface area contributed by atoms with Crippen LogP contribution in [0.3, 0.4) is 0 Å². The van der Waals surface area contributed by atoms with Crippen LogP contribution in [0.15, 0.2) is 94.9 Å². The highest BCUT2D eigenvalue weighted by atomic mass is 32.2. The van der Waals surface area contributed by atoms with E-state index in [2.05, 4.69) is 114 Å². The van der Waals surface area contributed by atoms with Crippen molar-refractivity contribution in [2.45, 2.75) is 25.3 Å². The van der Waals surface area contributed by atoms with Crippen LogP contribution in [0, 0.1) is 0 Å². The fourth-order valence-corrected chi connectivity index (χ4v) is 7.15. The molecule has 2 nitrogen and oxygen atoms in total. The molecule has 0 amide bonds. The molecule has 0 aliphatic carbocycles. The van der Waals surface area contributed by atoms with E-state index < -0.39 is 0 Å². The van der Waals surface area contributed by atoms with Gasteiger partial charge in [-0.25, -0.2) is 0 Å². The smallest absolute Gasteiger partial charge is 0.262 e. The highest BCUT2D eigenvalue weighted by Crippen LogP contribution is 2.49. The van der Waals surface area contributed by atoms with Crippen molar-refractivity contribution in [1.29, 1.82) is 0 Å². The van der Waals surface area contributed by atoms with Crippen LogP contribution < -0.4 is 9.47 Å². The minimum Gasteiger partial charge on any atom is -0.335 e. The Bertz CT molecular complexity index is 1580. The molecular weight excluding hydrogens is 440 g/mol. The first-order valence-corrected chi connectivity index (χ1v) is 13.1. The zero-order valence-corrected chi connectivity index (χ0v) is 20.4. The highest BCUT2D eigenvalue weighted by Gasteiger charge is 2.25. The molecule has 2 heterocycles. The normalized spacial score (nSPS) is 15.0. The van der Waals surface area contributed by atoms with Gasteiger partial charge in [-0.2, -0.15) is 4.57 Å². The third kappa shape index (κ3) is 3.36. The number of fused-ring (bicyclic) bond motifs is 6. The van der Waals surface area contributed by atoms with Crippen LogP contribution in [0.25, 0.3) is 37.8 Å². The molecule has 0 bridgehead atoms. The molecule has 1 aliphatic heterocycles. The Morgan fingerprint density at radius 3 is 2.36 bits per heavy atom. The third-order valence-corrected chi connectivity index (χ3v) is 8.57. The van der Waals surface area contributed by atoms with Gasteiger partial charge in [0.05, 0.1) is 16.1 Å². The lowest BCUT2D eigenvalue weighted by atomic mass is 10.1. The molecule has 162 valence electrons. The molecule has 1 aromatic heterocycles. The number of rotatable bonds is 4. The van der Waals surface area contributed by atoms with E-state index in [4.69, 9.17) is 0 Å². The van der Waals surface area contributed by atoms with Crippen molar-refractivity contribution in [1.82, 2.24) is 0 Å². The van der Waals surface area contributed by atoms with Crippen LogP contribution in [0.1, 0.15) is 18.9 Å². The number of thioether (sulfide) groups is 1. The van der Waals surface area contributed by atoms with Gasteiger partial charge in [0.15, 0.2) is 0 Å². The molecule has 0 fully saturated rings. The molecule has 0 radical (unpaired) electrons. The van der Waals surface area contributed by atoms with Crippen LogP contribution in [0.2, 0.25) is 0 Å².